The van der Waals surface area contributed by atoms with Crippen molar-refractivity contribution >= 4 is 41.5 Å². The number of halogens is 4. The van der Waals surface area contributed by atoms with Crippen molar-refractivity contribution in [1.29, 1.82) is 0 Å². The van der Waals surface area contributed by atoms with Crippen LogP contribution >= 0.6 is 24.0 Å². The topological polar surface area (TPSA) is 93.5 Å². The predicted octanol–water partition coefficient (Wildman–Crippen LogP) is 2.40. The van der Waals surface area contributed by atoms with Gasteiger partial charge in [0, 0.05) is 5.69 Å². The summed E-state index contributed by atoms with van der Waals surface area (Å²) in [4.78, 5) is 23.3. The van der Waals surface area contributed by atoms with Gasteiger partial charge in [-0.2, -0.15) is 8.78 Å². The molecule has 0 spiro atoms. The van der Waals surface area contributed by atoms with Crippen molar-refractivity contribution < 1.29 is 23.1 Å². The van der Waals surface area contributed by atoms with Crippen molar-refractivity contribution in [3.8, 4) is 5.75 Å². The van der Waals surface area contributed by atoms with E-state index in [1.807, 2.05) is 0 Å². The molecule has 1 aromatic carbocycles. The Morgan fingerprint density at radius 3 is 2.46 bits per heavy atom. The van der Waals surface area contributed by atoms with Crippen LogP contribution < -0.4 is 21.1 Å². The summed E-state index contributed by atoms with van der Waals surface area (Å²) < 4.78 is 28.4. The summed E-state index contributed by atoms with van der Waals surface area (Å²) in [6, 6.07) is 3.11. The molecular formula is C14H19Cl2F2N3O3. The summed E-state index contributed by atoms with van der Waals surface area (Å²) >= 11 is 5.76. The molecule has 0 aromatic heterocycles. The second kappa shape index (κ2) is 10.3. The van der Waals surface area contributed by atoms with Gasteiger partial charge in [-0.05, 0) is 24.1 Å². The van der Waals surface area contributed by atoms with E-state index < -0.39 is 24.5 Å². The van der Waals surface area contributed by atoms with Gasteiger partial charge in [-0.3, -0.25) is 9.59 Å². The summed E-state index contributed by atoms with van der Waals surface area (Å²) in [5.41, 5.74) is 5.92. The predicted molar refractivity (Wildman–Crippen MR) is 89.8 cm³/mol. The molecule has 1 aromatic rings. The lowest BCUT2D eigenvalue weighted by Crippen LogP contribution is -2.46. The second-order valence-corrected chi connectivity index (χ2v) is 5.47. The maximum Gasteiger partial charge on any atom is 0.387 e. The van der Waals surface area contributed by atoms with Gasteiger partial charge in [-0.15, -0.1) is 12.4 Å². The average molecular weight is 386 g/mol. The molecule has 0 aliphatic rings. The quantitative estimate of drug-likeness (QED) is 0.671. The summed E-state index contributed by atoms with van der Waals surface area (Å²) in [7, 11) is 0. The highest BCUT2D eigenvalue weighted by atomic mass is 35.5. The number of benzene rings is 1. The number of ether oxygens (including phenoxy) is 1. The van der Waals surface area contributed by atoms with Crippen LogP contribution in [0.4, 0.5) is 14.5 Å². The van der Waals surface area contributed by atoms with Crippen LogP contribution in [0.15, 0.2) is 18.2 Å². The van der Waals surface area contributed by atoms with Crippen molar-refractivity contribution in [2.75, 3.05) is 11.9 Å². The fourth-order valence-corrected chi connectivity index (χ4v) is 1.79. The molecule has 0 heterocycles. The van der Waals surface area contributed by atoms with E-state index in [0.717, 1.165) is 0 Å². The number of carbonyl (C=O) groups is 2. The Morgan fingerprint density at radius 2 is 1.96 bits per heavy atom. The number of nitrogens with one attached hydrogen (secondary N) is 2. The van der Waals surface area contributed by atoms with Gasteiger partial charge >= 0.3 is 6.61 Å². The maximum atomic E-state index is 12.1. The minimum absolute atomic E-state index is 0. The number of carbonyl (C=O) groups excluding carboxylic acids is 2. The molecule has 0 saturated heterocycles. The van der Waals surface area contributed by atoms with E-state index in [0.29, 0.717) is 0 Å². The van der Waals surface area contributed by atoms with E-state index in [9.17, 15) is 18.4 Å². The summed E-state index contributed by atoms with van der Waals surface area (Å²) in [6.45, 7) is 0.310. The third-order valence-corrected chi connectivity index (χ3v) is 3.17. The van der Waals surface area contributed by atoms with Crippen LogP contribution in [-0.2, 0) is 9.59 Å². The van der Waals surface area contributed by atoms with E-state index >= 15 is 0 Å². The Kier molecular flexibility index (Phi) is 9.57. The van der Waals surface area contributed by atoms with E-state index in [4.69, 9.17) is 17.3 Å². The Balaban J connectivity index is 0.00000529. The summed E-state index contributed by atoms with van der Waals surface area (Å²) in [5.74, 6) is -1.20. The normalized spacial score (nSPS) is 11.7. The molecule has 1 atom stereocenters. The minimum Gasteiger partial charge on any atom is -0.433 e. The van der Waals surface area contributed by atoms with Gasteiger partial charge in [-0.25, -0.2) is 0 Å². The number of alkyl halides is 2. The molecule has 1 rings (SSSR count). The van der Waals surface area contributed by atoms with Crippen molar-refractivity contribution in [3.05, 3.63) is 23.2 Å². The number of amides is 2. The van der Waals surface area contributed by atoms with E-state index in [1.165, 1.54) is 18.2 Å². The van der Waals surface area contributed by atoms with Gasteiger partial charge in [0.2, 0.25) is 11.8 Å². The monoisotopic (exact) mass is 385 g/mol. The van der Waals surface area contributed by atoms with Gasteiger partial charge in [0.25, 0.3) is 0 Å². The van der Waals surface area contributed by atoms with Gasteiger partial charge in [-0.1, -0.05) is 25.4 Å². The Morgan fingerprint density at radius 1 is 1.33 bits per heavy atom. The highest BCUT2D eigenvalue weighted by Gasteiger charge is 2.17. The first-order chi connectivity index (χ1) is 10.7. The first-order valence-corrected chi connectivity index (χ1v) is 7.16. The fourth-order valence-electron chi connectivity index (χ4n) is 1.56. The Hall–Kier alpha value is -1.64. The molecule has 0 radical (unpaired) electrons. The first-order valence-electron chi connectivity index (χ1n) is 6.78. The molecule has 0 aliphatic heterocycles. The highest BCUT2D eigenvalue weighted by molar-refractivity contribution is 6.32. The number of anilines is 1. The van der Waals surface area contributed by atoms with Gasteiger partial charge in [0.1, 0.15) is 5.75 Å². The van der Waals surface area contributed by atoms with Crippen molar-refractivity contribution in [2.24, 2.45) is 11.7 Å². The molecule has 24 heavy (non-hydrogen) atoms. The standard InChI is InChI=1S/C14H18ClF2N3O3.ClH/c1-7(2)12(18)13(22)19-6-11(21)20-8-3-4-10(9(15)5-8)23-14(16)17;/h3-5,7,12,14H,6,18H2,1-2H3,(H,19,22)(H,20,21);1H/t12-;/m0./s1. The average Bonchev–Trinajstić information content (AvgIpc) is 2.46. The zero-order valence-corrected chi connectivity index (χ0v) is 14.6. The zero-order valence-electron chi connectivity index (χ0n) is 13.0. The van der Waals surface area contributed by atoms with Crippen LogP contribution in [0.2, 0.25) is 5.02 Å². The number of hydrogen-bond acceptors (Lipinski definition) is 4. The van der Waals surface area contributed by atoms with E-state index in [-0.39, 0.29) is 41.3 Å². The van der Waals surface area contributed by atoms with Gasteiger partial charge < -0.3 is 21.1 Å². The molecule has 6 nitrogen and oxygen atoms in total. The van der Waals surface area contributed by atoms with Gasteiger partial charge in [0.05, 0.1) is 17.6 Å². The van der Waals surface area contributed by atoms with Gasteiger partial charge in [0.15, 0.2) is 0 Å². The molecule has 0 saturated carbocycles. The van der Waals surface area contributed by atoms with Crippen LogP contribution in [0.3, 0.4) is 0 Å². The number of nitrogens with two attached hydrogens (primary N) is 1. The van der Waals surface area contributed by atoms with Crippen LogP contribution in [0.1, 0.15) is 13.8 Å². The van der Waals surface area contributed by atoms with Crippen molar-refractivity contribution in [2.45, 2.75) is 26.5 Å². The largest absolute Gasteiger partial charge is 0.433 e. The van der Waals surface area contributed by atoms with Crippen LogP contribution in [-0.4, -0.2) is 31.0 Å². The Bertz CT molecular complexity index is 574. The lowest BCUT2D eigenvalue weighted by molar-refractivity contribution is -0.125. The molecule has 0 bridgehead atoms. The third-order valence-electron chi connectivity index (χ3n) is 2.88. The van der Waals surface area contributed by atoms with Crippen molar-refractivity contribution in [3.63, 3.8) is 0 Å². The molecule has 0 unspecified atom stereocenters. The highest BCUT2D eigenvalue weighted by Crippen LogP contribution is 2.28. The molecule has 4 N–H and O–H groups in total. The zero-order chi connectivity index (χ0) is 17.6. The SMILES string of the molecule is CC(C)[C@H](N)C(=O)NCC(=O)Nc1ccc(OC(F)F)c(Cl)c1.Cl. The summed E-state index contributed by atoms with van der Waals surface area (Å²) in [5, 5.41) is 4.79. The minimum atomic E-state index is -2.99. The molecule has 2 amide bonds. The van der Waals surface area contributed by atoms with Crippen LogP contribution in [0.5, 0.6) is 5.75 Å². The molecule has 0 aliphatic carbocycles. The molecule has 10 heteroatoms. The van der Waals surface area contributed by atoms with Crippen molar-refractivity contribution in [1.82, 2.24) is 5.32 Å². The first kappa shape index (κ1) is 22.4. The van der Waals surface area contributed by atoms with E-state index in [2.05, 4.69) is 15.4 Å². The lowest BCUT2D eigenvalue weighted by Gasteiger charge is -2.15. The lowest BCUT2D eigenvalue weighted by atomic mass is 10.1. The molecular weight excluding hydrogens is 367 g/mol. The fraction of sp³-hybridized carbons (Fsp3) is 0.429. The Labute approximate surface area is 149 Å². The second-order valence-electron chi connectivity index (χ2n) is 5.06. The van der Waals surface area contributed by atoms with Crippen LogP contribution in [0.25, 0.3) is 0 Å². The molecule has 136 valence electrons. The number of rotatable bonds is 7. The number of hydrogen-bond donors (Lipinski definition) is 3. The van der Waals surface area contributed by atoms with E-state index in [1.54, 1.807) is 13.8 Å². The van der Waals surface area contributed by atoms with Crippen LogP contribution in [0, 0.1) is 5.92 Å². The summed E-state index contributed by atoms with van der Waals surface area (Å²) in [6.07, 6.45) is 0. The maximum absolute atomic E-state index is 12.1. The molecule has 0 fully saturated rings. The third kappa shape index (κ3) is 7.29. The smallest absolute Gasteiger partial charge is 0.387 e.